The lowest BCUT2D eigenvalue weighted by atomic mass is 10.2. The first kappa shape index (κ1) is 13.6. The predicted molar refractivity (Wildman–Crippen MR) is 70.0 cm³/mol. The van der Waals surface area contributed by atoms with E-state index in [2.05, 4.69) is 9.97 Å². The number of rotatable bonds is 3. The summed E-state index contributed by atoms with van der Waals surface area (Å²) in [5.41, 5.74) is 0.219. The standard InChI is InChI=1S/C11H14ClN3O2S/c1-18-11-13-5-8(12)9(14-11)10(17)15-4-2-3-7(15)6-16/h5,7,16H,2-4,6H2,1H3/t7-/m0/s1. The molecule has 0 aromatic carbocycles. The lowest BCUT2D eigenvalue weighted by molar-refractivity contribution is 0.0671. The zero-order valence-corrected chi connectivity index (χ0v) is 11.5. The summed E-state index contributed by atoms with van der Waals surface area (Å²) in [5.74, 6) is -0.228. The van der Waals surface area contributed by atoms with Gasteiger partial charge in [0.15, 0.2) is 10.9 Å². The van der Waals surface area contributed by atoms with E-state index in [1.807, 2.05) is 6.26 Å². The van der Waals surface area contributed by atoms with Gasteiger partial charge in [0.1, 0.15) is 0 Å². The third-order valence-corrected chi connectivity index (χ3v) is 3.79. The Bertz CT molecular complexity index is 458. The molecule has 18 heavy (non-hydrogen) atoms. The predicted octanol–water partition coefficient (Wildman–Crippen LogP) is 1.45. The molecule has 1 aliphatic heterocycles. The van der Waals surface area contributed by atoms with E-state index < -0.39 is 0 Å². The number of carbonyl (C=O) groups excluding carboxylic acids is 1. The van der Waals surface area contributed by atoms with Crippen LogP contribution in [0.3, 0.4) is 0 Å². The highest BCUT2D eigenvalue weighted by Crippen LogP contribution is 2.23. The van der Waals surface area contributed by atoms with Crippen molar-refractivity contribution < 1.29 is 9.90 Å². The monoisotopic (exact) mass is 287 g/mol. The number of nitrogens with zero attached hydrogens (tertiary/aromatic N) is 3. The van der Waals surface area contributed by atoms with Gasteiger partial charge in [-0.1, -0.05) is 23.4 Å². The van der Waals surface area contributed by atoms with Gasteiger partial charge in [0.05, 0.1) is 23.9 Å². The zero-order valence-electron chi connectivity index (χ0n) is 9.97. The third-order valence-electron chi connectivity index (χ3n) is 2.96. The van der Waals surface area contributed by atoms with E-state index in [4.69, 9.17) is 11.6 Å². The maximum Gasteiger partial charge on any atom is 0.274 e. The van der Waals surface area contributed by atoms with E-state index in [9.17, 15) is 9.90 Å². The van der Waals surface area contributed by atoms with Crippen molar-refractivity contribution in [2.75, 3.05) is 19.4 Å². The molecule has 98 valence electrons. The van der Waals surface area contributed by atoms with Crippen molar-refractivity contribution in [1.82, 2.24) is 14.9 Å². The van der Waals surface area contributed by atoms with Crippen molar-refractivity contribution in [3.8, 4) is 0 Å². The van der Waals surface area contributed by atoms with Crippen molar-refractivity contribution in [3.05, 3.63) is 16.9 Å². The van der Waals surface area contributed by atoms with Crippen LogP contribution in [0.15, 0.2) is 11.4 Å². The maximum atomic E-state index is 12.3. The number of amides is 1. The molecule has 1 aliphatic rings. The molecule has 1 saturated heterocycles. The minimum absolute atomic E-state index is 0.0240. The van der Waals surface area contributed by atoms with Gasteiger partial charge < -0.3 is 10.0 Å². The van der Waals surface area contributed by atoms with Crippen molar-refractivity contribution in [3.63, 3.8) is 0 Å². The smallest absolute Gasteiger partial charge is 0.274 e. The Labute approximate surface area is 115 Å². The molecule has 1 aromatic rings. The van der Waals surface area contributed by atoms with Crippen LogP contribution in [0.5, 0.6) is 0 Å². The Morgan fingerprint density at radius 2 is 2.50 bits per heavy atom. The average Bonchev–Trinajstić information content (AvgIpc) is 2.86. The second kappa shape index (κ2) is 5.86. The summed E-state index contributed by atoms with van der Waals surface area (Å²) in [7, 11) is 0. The first-order chi connectivity index (χ1) is 8.67. The molecule has 0 radical (unpaired) electrons. The van der Waals surface area contributed by atoms with Gasteiger partial charge in [-0.15, -0.1) is 0 Å². The van der Waals surface area contributed by atoms with Crippen LogP contribution in [-0.2, 0) is 0 Å². The largest absolute Gasteiger partial charge is 0.394 e. The van der Waals surface area contributed by atoms with Gasteiger partial charge in [-0.05, 0) is 19.1 Å². The fourth-order valence-corrected chi connectivity index (χ4v) is 2.54. The molecule has 1 aromatic heterocycles. The molecule has 2 heterocycles. The molecular formula is C11H14ClN3O2S. The van der Waals surface area contributed by atoms with E-state index >= 15 is 0 Å². The van der Waals surface area contributed by atoms with E-state index in [0.29, 0.717) is 11.7 Å². The quantitative estimate of drug-likeness (QED) is 0.673. The SMILES string of the molecule is CSc1ncc(Cl)c(C(=O)N2CCC[C@H]2CO)n1. The van der Waals surface area contributed by atoms with Gasteiger partial charge >= 0.3 is 0 Å². The van der Waals surface area contributed by atoms with Crippen molar-refractivity contribution in [2.24, 2.45) is 0 Å². The number of likely N-dealkylation sites (tertiary alicyclic amines) is 1. The molecular weight excluding hydrogens is 274 g/mol. The number of thioether (sulfide) groups is 1. The topological polar surface area (TPSA) is 66.3 Å². The summed E-state index contributed by atoms with van der Waals surface area (Å²) < 4.78 is 0. The van der Waals surface area contributed by atoms with Crippen molar-refractivity contribution in [2.45, 2.75) is 24.0 Å². The average molecular weight is 288 g/mol. The number of carbonyl (C=O) groups is 1. The number of hydrogen-bond acceptors (Lipinski definition) is 5. The Morgan fingerprint density at radius 1 is 1.72 bits per heavy atom. The van der Waals surface area contributed by atoms with Gasteiger partial charge in [-0.3, -0.25) is 4.79 Å². The molecule has 5 nitrogen and oxygen atoms in total. The third kappa shape index (κ3) is 2.60. The minimum Gasteiger partial charge on any atom is -0.394 e. The molecule has 1 N–H and O–H groups in total. The number of halogens is 1. The Kier molecular flexibility index (Phi) is 4.42. The maximum absolute atomic E-state index is 12.3. The van der Waals surface area contributed by atoms with E-state index in [-0.39, 0.29) is 29.3 Å². The Balaban J connectivity index is 2.27. The first-order valence-corrected chi connectivity index (χ1v) is 7.26. The summed E-state index contributed by atoms with van der Waals surface area (Å²) in [5, 5.41) is 10.0. The number of hydrogen-bond donors (Lipinski definition) is 1. The first-order valence-electron chi connectivity index (χ1n) is 5.65. The molecule has 2 rings (SSSR count). The number of aliphatic hydroxyl groups excluding tert-OH is 1. The highest BCUT2D eigenvalue weighted by atomic mass is 35.5. The zero-order chi connectivity index (χ0) is 13.1. The summed E-state index contributed by atoms with van der Waals surface area (Å²) in [6, 6.07) is -0.124. The van der Waals surface area contributed by atoms with Gasteiger partial charge in [0.25, 0.3) is 5.91 Å². The number of aromatic nitrogens is 2. The lowest BCUT2D eigenvalue weighted by Gasteiger charge is -2.22. The normalized spacial score (nSPS) is 19.3. The summed E-state index contributed by atoms with van der Waals surface area (Å²) >= 11 is 7.33. The Morgan fingerprint density at radius 3 is 3.17 bits per heavy atom. The van der Waals surface area contributed by atoms with Crippen LogP contribution in [0.1, 0.15) is 23.3 Å². The molecule has 1 fully saturated rings. The number of aliphatic hydroxyl groups is 1. The second-order valence-corrected chi connectivity index (χ2v) is 5.21. The van der Waals surface area contributed by atoms with Crippen LogP contribution in [-0.4, -0.2) is 51.3 Å². The van der Waals surface area contributed by atoms with Gasteiger partial charge in [-0.2, -0.15) is 0 Å². The van der Waals surface area contributed by atoms with E-state index in [1.54, 1.807) is 4.90 Å². The molecule has 1 amide bonds. The fraction of sp³-hybridized carbons (Fsp3) is 0.545. The van der Waals surface area contributed by atoms with Gasteiger partial charge in [0, 0.05) is 6.54 Å². The minimum atomic E-state index is -0.228. The van der Waals surface area contributed by atoms with Crippen LogP contribution in [0, 0.1) is 0 Å². The summed E-state index contributed by atoms with van der Waals surface area (Å²) in [4.78, 5) is 22.1. The lowest BCUT2D eigenvalue weighted by Crippen LogP contribution is -2.38. The summed E-state index contributed by atoms with van der Waals surface area (Å²) in [6.07, 6.45) is 5.00. The van der Waals surface area contributed by atoms with E-state index in [1.165, 1.54) is 18.0 Å². The van der Waals surface area contributed by atoms with Crippen LogP contribution < -0.4 is 0 Å². The molecule has 0 saturated carbocycles. The summed E-state index contributed by atoms with van der Waals surface area (Å²) in [6.45, 7) is 0.614. The van der Waals surface area contributed by atoms with Crippen LogP contribution in [0.25, 0.3) is 0 Å². The Hall–Kier alpha value is -0.850. The molecule has 1 atom stereocenters. The van der Waals surface area contributed by atoms with Crippen LogP contribution in [0.2, 0.25) is 5.02 Å². The van der Waals surface area contributed by atoms with Crippen LogP contribution in [0.4, 0.5) is 0 Å². The van der Waals surface area contributed by atoms with Gasteiger partial charge in [0.2, 0.25) is 0 Å². The van der Waals surface area contributed by atoms with Crippen molar-refractivity contribution >= 4 is 29.3 Å². The second-order valence-electron chi connectivity index (χ2n) is 4.03. The van der Waals surface area contributed by atoms with Crippen LogP contribution >= 0.6 is 23.4 Å². The highest BCUT2D eigenvalue weighted by molar-refractivity contribution is 7.98. The molecule has 0 unspecified atom stereocenters. The van der Waals surface area contributed by atoms with Crippen molar-refractivity contribution in [1.29, 1.82) is 0 Å². The van der Waals surface area contributed by atoms with E-state index in [0.717, 1.165) is 12.8 Å². The fourth-order valence-electron chi connectivity index (χ4n) is 2.03. The molecule has 0 spiro atoms. The molecule has 0 bridgehead atoms. The highest BCUT2D eigenvalue weighted by Gasteiger charge is 2.30. The molecule has 0 aliphatic carbocycles. The van der Waals surface area contributed by atoms with Gasteiger partial charge in [-0.25, -0.2) is 9.97 Å². The molecule has 7 heteroatoms.